The van der Waals surface area contributed by atoms with E-state index >= 15 is 0 Å². The van der Waals surface area contributed by atoms with Crippen LogP contribution in [0, 0.1) is 0 Å². The van der Waals surface area contributed by atoms with E-state index in [4.69, 9.17) is 0 Å². The van der Waals surface area contributed by atoms with Crippen LogP contribution in [0.1, 0.15) is 6.42 Å². The molecule has 4 amide bonds. The van der Waals surface area contributed by atoms with Gasteiger partial charge in [-0.25, -0.2) is 0 Å². The lowest BCUT2D eigenvalue weighted by Gasteiger charge is -2.29. The second-order valence-electron chi connectivity index (χ2n) is 5.12. The van der Waals surface area contributed by atoms with Gasteiger partial charge in [0.25, 0.3) is 0 Å². The Bertz CT molecular complexity index is 403. The van der Waals surface area contributed by atoms with Crippen molar-refractivity contribution in [3.05, 3.63) is 0 Å². The Hall–Kier alpha value is -1.80. The van der Waals surface area contributed by atoms with Crippen molar-refractivity contribution >= 4 is 23.6 Å². The van der Waals surface area contributed by atoms with Gasteiger partial charge in [-0.05, 0) is 6.42 Å². The van der Waals surface area contributed by atoms with Gasteiger partial charge >= 0.3 is 0 Å². The van der Waals surface area contributed by atoms with Gasteiger partial charge in [0.2, 0.25) is 23.6 Å². The minimum atomic E-state index is -0.297. The molecule has 2 atom stereocenters. The molecule has 2 heterocycles. The van der Waals surface area contributed by atoms with Gasteiger partial charge in [0.1, 0.15) is 0 Å². The number of amides is 4. The summed E-state index contributed by atoms with van der Waals surface area (Å²) < 4.78 is 0. The molecule has 102 valence electrons. The highest BCUT2D eigenvalue weighted by Crippen LogP contribution is 2.33. The molecule has 0 radical (unpaired) electrons. The average Bonchev–Trinajstić information content (AvgIpc) is 3.05. The Morgan fingerprint density at radius 2 is 1.00 bits per heavy atom. The van der Waals surface area contributed by atoms with Crippen LogP contribution in [-0.2, 0) is 19.2 Å². The van der Waals surface area contributed by atoms with Crippen LogP contribution in [0.2, 0.25) is 0 Å². The maximum Gasteiger partial charge on any atom is 0.240 e. The van der Waals surface area contributed by atoms with E-state index < -0.39 is 0 Å². The zero-order valence-corrected chi connectivity index (χ0v) is 10.2. The lowest BCUT2D eigenvalue weighted by molar-refractivity contribution is -0.139. The number of hydrogen-bond donors (Lipinski definition) is 2. The van der Waals surface area contributed by atoms with Crippen molar-refractivity contribution < 1.29 is 19.2 Å². The van der Waals surface area contributed by atoms with E-state index in [-0.39, 0.29) is 61.9 Å². The van der Waals surface area contributed by atoms with E-state index in [9.17, 15) is 19.2 Å². The van der Waals surface area contributed by atoms with E-state index in [1.807, 2.05) is 9.80 Å². The highest BCUT2D eigenvalue weighted by atomic mass is 16.2. The van der Waals surface area contributed by atoms with Gasteiger partial charge in [-0.2, -0.15) is 0 Å². The third-order valence-corrected chi connectivity index (χ3v) is 3.61. The summed E-state index contributed by atoms with van der Waals surface area (Å²) in [7, 11) is 0. The normalized spacial score (nSPS) is 33.1. The minimum absolute atomic E-state index is 0.0775. The fraction of sp³-hybridized carbons (Fsp3) is 0.636. The molecule has 3 fully saturated rings. The Morgan fingerprint density at radius 1 is 0.684 bits per heavy atom. The second kappa shape index (κ2) is 4.39. The van der Waals surface area contributed by atoms with Crippen LogP contribution >= 0.6 is 0 Å². The third-order valence-electron chi connectivity index (χ3n) is 3.61. The molecule has 3 aliphatic rings. The second-order valence-corrected chi connectivity index (χ2v) is 5.12. The van der Waals surface area contributed by atoms with Crippen LogP contribution in [0.4, 0.5) is 0 Å². The predicted octanol–water partition coefficient (Wildman–Crippen LogP) is -2.96. The zero-order chi connectivity index (χ0) is 13.6. The Morgan fingerprint density at radius 3 is 1.32 bits per heavy atom. The van der Waals surface area contributed by atoms with Gasteiger partial charge in [0, 0.05) is 12.1 Å². The summed E-state index contributed by atoms with van der Waals surface area (Å²) in [6.45, 7) is 0.781. The first-order valence-electron chi connectivity index (χ1n) is 6.16. The molecular weight excluding hydrogens is 252 g/mol. The molecule has 1 saturated carbocycles. The van der Waals surface area contributed by atoms with Crippen molar-refractivity contribution in [2.45, 2.75) is 18.5 Å². The fourth-order valence-corrected chi connectivity index (χ4v) is 2.74. The molecule has 0 bridgehead atoms. The summed E-state index contributed by atoms with van der Waals surface area (Å²) in [5.74, 6) is -1.19. The lowest BCUT2D eigenvalue weighted by Crippen LogP contribution is -2.55. The Balaban J connectivity index is 1.61. The first kappa shape index (κ1) is 12.2. The number of hydrogen-bond acceptors (Lipinski definition) is 6. The summed E-state index contributed by atoms with van der Waals surface area (Å²) in [6.07, 6.45) is 0.779. The molecule has 3 rings (SSSR count). The summed E-state index contributed by atoms with van der Waals surface area (Å²) in [5.41, 5.74) is 0. The highest BCUT2D eigenvalue weighted by molar-refractivity contribution is 6.00. The SMILES string of the molecule is O=C1CN(C2CC2N2CC(=O)NC(=O)C2)CC(=O)N1. The molecule has 1 aliphatic carbocycles. The largest absolute Gasteiger partial charge is 0.294 e. The van der Waals surface area contributed by atoms with Crippen molar-refractivity contribution in [3.63, 3.8) is 0 Å². The van der Waals surface area contributed by atoms with Gasteiger partial charge < -0.3 is 0 Å². The topological polar surface area (TPSA) is 98.8 Å². The van der Waals surface area contributed by atoms with Gasteiger partial charge in [0.15, 0.2) is 0 Å². The summed E-state index contributed by atoms with van der Waals surface area (Å²) in [5, 5.41) is 4.50. The Kier molecular flexibility index (Phi) is 2.83. The monoisotopic (exact) mass is 266 g/mol. The van der Waals surface area contributed by atoms with Crippen LogP contribution in [-0.4, -0.2) is 71.7 Å². The maximum absolute atomic E-state index is 11.3. The van der Waals surface area contributed by atoms with Crippen LogP contribution in [0.25, 0.3) is 0 Å². The number of piperazine rings is 2. The number of carbonyl (C=O) groups excluding carboxylic acids is 4. The fourth-order valence-electron chi connectivity index (χ4n) is 2.74. The van der Waals surface area contributed by atoms with E-state index in [0.717, 1.165) is 6.42 Å². The molecule has 0 aromatic carbocycles. The molecular formula is C11H14N4O4. The number of nitrogens with one attached hydrogen (secondary N) is 2. The van der Waals surface area contributed by atoms with Crippen molar-refractivity contribution in [2.24, 2.45) is 0 Å². The molecule has 8 nitrogen and oxygen atoms in total. The molecule has 2 aliphatic heterocycles. The highest BCUT2D eigenvalue weighted by Gasteiger charge is 2.49. The quantitative estimate of drug-likeness (QED) is 0.518. The van der Waals surface area contributed by atoms with Gasteiger partial charge in [-0.1, -0.05) is 0 Å². The lowest BCUT2D eigenvalue weighted by atomic mass is 10.3. The van der Waals surface area contributed by atoms with Crippen molar-refractivity contribution in [1.82, 2.24) is 20.4 Å². The van der Waals surface area contributed by atoms with E-state index in [0.29, 0.717) is 0 Å². The van der Waals surface area contributed by atoms with Crippen LogP contribution < -0.4 is 10.6 Å². The number of nitrogens with zero attached hydrogens (tertiary/aromatic N) is 2. The molecule has 8 heteroatoms. The standard InChI is InChI=1S/C11H14N4O4/c16-8-2-14(3-9(17)12-8)6-1-7(6)15-4-10(18)13-11(19)5-15/h6-7H,1-5H2,(H,12,16,17)(H,13,18,19). The molecule has 0 aromatic heterocycles. The molecule has 2 saturated heterocycles. The summed E-state index contributed by atoms with van der Waals surface area (Å²) in [4.78, 5) is 48.8. The van der Waals surface area contributed by atoms with Crippen LogP contribution in [0.15, 0.2) is 0 Å². The van der Waals surface area contributed by atoms with E-state index in [1.54, 1.807) is 0 Å². The third kappa shape index (κ3) is 2.49. The predicted molar refractivity (Wildman–Crippen MR) is 61.6 cm³/mol. The molecule has 0 spiro atoms. The zero-order valence-electron chi connectivity index (χ0n) is 10.2. The Labute approximate surface area is 109 Å². The first-order valence-corrected chi connectivity index (χ1v) is 6.16. The number of rotatable bonds is 2. The molecule has 2 N–H and O–H groups in total. The van der Waals surface area contributed by atoms with Crippen LogP contribution in [0.5, 0.6) is 0 Å². The molecule has 2 unspecified atom stereocenters. The van der Waals surface area contributed by atoms with E-state index in [2.05, 4.69) is 10.6 Å². The minimum Gasteiger partial charge on any atom is -0.294 e. The van der Waals surface area contributed by atoms with Crippen LogP contribution in [0.3, 0.4) is 0 Å². The van der Waals surface area contributed by atoms with Crippen molar-refractivity contribution in [2.75, 3.05) is 26.2 Å². The maximum atomic E-state index is 11.3. The number of imide groups is 2. The molecule has 19 heavy (non-hydrogen) atoms. The van der Waals surface area contributed by atoms with Gasteiger partial charge in [-0.3, -0.25) is 39.6 Å². The van der Waals surface area contributed by atoms with Crippen molar-refractivity contribution in [1.29, 1.82) is 0 Å². The number of carbonyl (C=O) groups is 4. The molecule has 0 aromatic rings. The average molecular weight is 266 g/mol. The summed E-state index contributed by atoms with van der Waals surface area (Å²) >= 11 is 0. The van der Waals surface area contributed by atoms with Gasteiger partial charge in [-0.15, -0.1) is 0 Å². The van der Waals surface area contributed by atoms with Gasteiger partial charge in [0.05, 0.1) is 26.2 Å². The smallest absolute Gasteiger partial charge is 0.240 e. The van der Waals surface area contributed by atoms with E-state index in [1.165, 1.54) is 0 Å². The summed E-state index contributed by atoms with van der Waals surface area (Å²) in [6, 6.07) is 0.155. The van der Waals surface area contributed by atoms with Crippen molar-refractivity contribution in [3.8, 4) is 0 Å². The first-order chi connectivity index (χ1) is 9.02.